The minimum Gasteiger partial charge on any atom is -0.264 e. The standard InChI is InChI=1S/C11H20N2O2SSi/c1-17(2,3)8-7-16(14,15)13-10-11-5-4-6-12-9-11/h4-6,9,13H,7-8,10H2,1-3H3. The molecule has 96 valence electrons. The van der Waals surface area contributed by atoms with E-state index in [2.05, 4.69) is 29.3 Å². The SMILES string of the molecule is C[Si](C)(C)CCS(=O)(=O)NCc1cccnc1. The fourth-order valence-corrected chi connectivity index (χ4v) is 5.26. The largest absolute Gasteiger partial charge is 0.264 e. The van der Waals surface area contributed by atoms with Crippen molar-refractivity contribution < 1.29 is 8.42 Å². The van der Waals surface area contributed by atoms with E-state index in [0.29, 0.717) is 6.54 Å². The van der Waals surface area contributed by atoms with Crippen LogP contribution < -0.4 is 4.72 Å². The van der Waals surface area contributed by atoms with Crippen molar-refractivity contribution in [3.05, 3.63) is 30.1 Å². The molecule has 0 atom stereocenters. The zero-order chi connectivity index (χ0) is 12.9. The highest BCUT2D eigenvalue weighted by atomic mass is 32.2. The van der Waals surface area contributed by atoms with Crippen LogP contribution in [-0.2, 0) is 16.6 Å². The fourth-order valence-electron chi connectivity index (χ4n) is 1.21. The van der Waals surface area contributed by atoms with Gasteiger partial charge >= 0.3 is 0 Å². The average Bonchev–Trinajstić information content (AvgIpc) is 2.25. The number of hydrogen-bond donors (Lipinski definition) is 1. The summed E-state index contributed by atoms with van der Waals surface area (Å²) >= 11 is 0. The molecule has 0 aliphatic heterocycles. The van der Waals surface area contributed by atoms with E-state index >= 15 is 0 Å². The summed E-state index contributed by atoms with van der Waals surface area (Å²) in [6.07, 6.45) is 3.34. The van der Waals surface area contributed by atoms with Crippen LogP contribution in [0.25, 0.3) is 0 Å². The Hall–Kier alpha value is -0.723. The van der Waals surface area contributed by atoms with Gasteiger partial charge in [-0.05, 0) is 17.7 Å². The third-order valence-electron chi connectivity index (χ3n) is 2.34. The fraction of sp³-hybridized carbons (Fsp3) is 0.545. The summed E-state index contributed by atoms with van der Waals surface area (Å²) in [7, 11) is -4.46. The van der Waals surface area contributed by atoms with Gasteiger partial charge in [-0.1, -0.05) is 25.7 Å². The van der Waals surface area contributed by atoms with E-state index in [1.807, 2.05) is 6.07 Å². The molecule has 0 amide bonds. The predicted molar refractivity (Wildman–Crippen MR) is 73.0 cm³/mol. The van der Waals surface area contributed by atoms with Crippen LogP contribution in [0.5, 0.6) is 0 Å². The lowest BCUT2D eigenvalue weighted by atomic mass is 10.3. The van der Waals surface area contributed by atoms with Crippen LogP contribution in [0.4, 0.5) is 0 Å². The molecule has 1 N–H and O–H groups in total. The maximum absolute atomic E-state index is 11.7. The van der Waals surface area contributed by atoms with E-state index in [4.69, 9.17) is 0 Å². The maximum Gasteiger partial charge on any atom is 0.211 e. The van der Waals surface area contributed by atoms with E-state index in [9.17, 15) is 8.42 Å². The molecule has 6 heteroatoms. The molecule has 0 saturated carbocycles. The molecular formula is C11H20N2O2SSi. The van der Waals surface area contributed by atoms with Crippen molar-refractivity contribution in [3.63, 3.8) is 0 Å². The summed E-state index contributed by atoms with van der Waals surface area (Å²) in [5.74, 6) is 0.225. The van der Waals surface area contributed by atoms with E-state index in [1.165, 1.54) is 0 Å². The molecule has 0 aliphatic rings. The van der Waals surface area contributed by atoms with Gasteiger partial charge in [0, 0.05) is 27.0 Å². The van der Waals surface area contributed by atoms with Gasteiger partial charge in [0.2, 0.25) is 10.0 Å². The first kappa shape index (κ1) is 14.3. The Bertz CT molecular complexity index is 440. The monoisotopic (exact) mass is 272 g/mol. The van der Waals surface area contributed by atoms with Gasteiger partial charge in [-0.25, -0.2) is 13.1 Å². The summed E-state index contributed by atoms with van der Waals surface area (Å²) in [6.45, 7) is 6.83. The first-order valence-corrected chi connectivity index (χ1v) is 11.0. The average molecular weight is 272 g/mol. The molecule has 1 rings (SSSR count). The second-order valence-corrected chi connectivity index (χ2v) is 12.9. The summed E-state index contributed by atoms with van der Waals surface area (Å²) in [6, 6.07) is 4.44. The number of nitrogens with zero attached hydrogens (tertiary/aromatic N) is 1. The summed E-state index contributed by atoms with van der Waals surface area (Å²) in [5, 5.41) is 0. The number of sulfonamides is 1. The summed E-state index contributed by atoms with van der Waals surface area (Å²) in [4.78, 5) is 3.94. The quantitative estimate of drug-likeness (QED) is 0.804. The van der Waals surface area contributed by atoms with E-state index in [1.54, 1.807) is 18.5 Å². The highest BCUT2D eigenvalue weighted by molar-refractivity contribution is 7.89. The number of rotatable bonds is 6. The third kappa shape index (κ3) is 6.55. The molecule has 0 aliphatic carbocycles. The second kappa shape index (κ2) is 5.75. The Morgan fingerprint density at radius 1 is 1.35 bits per heavy atom. The predicted octanol–water partition coefficient (Wildman–Crippen LogP) is 1.84. The molecule has 0 fully saturated rings. The van der Waals surface area contributed by atoms with Gasteiger partial charge in [0.05, 0.1) is 5.75 Å². The van der Waals surface area contributed by atoms with Crippen molar-refractivity contribution in [1.29, 1.82) is 0 Å². The van der Waals surface area contributed by atoms with Crippen molar-refractivity contribution in [2.45, 2.75) is 32.2 Å². The van der Waals surface area contributed by atoms with Crippen LogP contribution >= 0.6 is 0 Å². The van der Waals surface area contributed by atoms with Crippen LogP contribution in [-0.4, -0.2) is 27.2 Å². The number of pyridine rings is 1. The Morgan fingerprint density at radius 3 is 2.59 bits per heavy atom. The molecule has 17 heavy (non-hydrogen) atoms. The zero-order valence-corrected chi connectivity index (χ0v) is 12.4. The smallest absolute Gasteiger partial charge is 0.211 e. The lowest BCUT2D eigenvalue weighted by Gasteiger charge is -2.15. The molecule has 4 nitrogen and oxygen atoms in total. The summed E-state index contributed by atoms with van der Waals surface area (Å²) < 4.78 is 26.1. The Kier molecular flexibility index (Phi) is 4.85. The lowest BCUT2D eigenvalue weighted by molar-refractivity contribution is 0.582. The van der Waals surface area contributed by atoms with Crippen molar-refractivity contribution in [2.75, 3.05) is 5.75 Å². The molecule has 0 radical (unpaired) electrons. The molecular weight excluding hydrogens is 252 g/mol. The first-order chi connectivity index (χ1) is 7.79. The maximum atomic E-state index is 11.7. The van der Waals surface area contributed by atoms with Crippen molar-refractivity contribution in [1.82, 2.24) is 9.71 Å². The zero-order valence-electron chi connectivity index (χ0n) is 10.6. The topological polar surface area (TPSA) is 59.1 Å². The van der Waals surface area contributed by atoms with Gasteiger partial charge in [0.25, 0.3) is 0 Å². The molecule has 0 spiro atoms. The van der Waals surface area contributed by atoms with Crippen LogP contribution in [0.3, 0.4) is 0 Å². The molecule has 0 saturated heterocycles. The molecule has 0 aromatic carbocycles. The highest BCUT2D eigenvalue weighted by Gasteiger charge is 2.18. The van der Waals surface area contributed by atoms with Crippen LogP contribution in [0.15, 0.2) is 24.5 Å². The Morgan fingerprint density at radius 2 is 2.06 bits per heavy atom. The van der Waals surface area contributed by atoms with Crippen molar-refractivity contribution in [3.8, 4) is 0 Å². The van der Waals surface area contributed by atoms with E-state index < -0.39 is 18.1 Å². The Labute approximate surface area is 105 Å². The van der Waals surface area contributed by atoms with Gasteiger partial charge in [-0.2, -0.15) is 0 Å². The normalized spacial score (nSPS) is 12.6. The number of hydrogen-bond acceptors (Lipinski definition) is 3. The van der Waals surface area contributed by atoms with Crippen molar-refractivity contribution >= 4 is 18.1 Å². The van der Waals surface area contributed by atoms with E-state index in [0.717, 1.165) is 11.6 Å². The minimum atomic E-state index is -3.16. The lowest BCUT2D eigenvalue weighted by Crippen LogP contribution is -2.31. The van der Waals surface area contributed by atoms with E-state index in [-0.39, 0.29) is 5.75 Å². The highest BCUT2D eigenvalue weighted by Crippen LogP contribution is 2.09. The third-order valence-corrected chi connectivity index (χ3v) is 5.78. The van der Waals surface area contributed by atoms with Crippen LogP contribution in [0, 0.1) is 0 Å². The molecule has 1 aromatic heterocycles. The Balaban J connectivity index is 2.46. The van der Waals surface area contributed by atoms with Crippen LogP contribution in [0.1, 0.15) is 5.56 Å². The molecule has 1 aromatic rings. The van der Waals surface area contributed by atoms with Gasteiger partial charge in [-0.15, -0.1) is 0 Å². The van der Waals surface area contributed by atoms with Gasteiger partial charge in [0.1, 0.15) is 0 Å². The summed E-state index contributed by atoms with van der Waals surface area (Å²) in [5.41, 5.74) is 0.879. The van der Waals surface area contributed by atoms with Crippen molar-refractivity contribution in [2.24, 2.45) is 0 Å². The van der Waals surface area contributed by atoms with Crippen LogP contribution in [0.2, 0.25) is 25.7 Å². The minimum absolute atomic E-state index is 0.225. The molecule has 0 bridgehead atoms. The first-order valence-electron chi connectivity index (χ1n) is 5.65. The molecule has 0 unspecified atom stereocenters. The second-order valence-electron chi connectivity index (χ2n) is 5.31. The van der Waals surface area contributed by atoms with Gasteiger partial charge in [-0.3, -0.25) is 4.98 Å². The van der Waals surface area contributed by atoms with Gasteiger partial charge in [0.15, 0.2) is 0 Å². The molecule has 1 heterocycles. The number of nitrogens with one attached hydrogen (secondary N) is 1. The number of aromatic nitrogens is 1. The van der Waals surface area contributed by atoms with Gasteiger partial charge < -0.3 is 0 Å².